The van der Waals surface area contributed by atoms with E-state index in [9.17, 15) is 31.5 Å². The highest BCUT2D eigenvalue weighted by atomic mass is 32.2. The number of alkyl halides is 3. The molecule has 1 saturated carbocycles. The zero-order valence-corrected chi connectivity index (χ0v) is 25.5. The molecule has 3 aromatic rings. The molecule has 0 radical (unpaired) electrons. The zero-order valence-electron chi connectivity index (χ0n) is 24.7. The number of hydrogen-bond donors (Lipinski definition) is 2. The number of anilines is 2. The molecule has 0 atom stereocenters. The first-order chi connectivity index (χ1) is 20.2. The van der Waals surface area contributed by atoms with Crippen LogP contribution in [-0.2, 0) is 21.2 Å². The molecule has 0 aliphatic heterocycles. The van der Waals surface area contributed by atoms with E-state index in [4.69, 9.17) is 0 Å². The minimum atomic E-state index is -4.49. The smallest absolute Gasteiger partial charge is 0.406 e. The molecule has 1 aromatic heterocycles. The van der Waals surface area contributed by atoms with Crippen LogP contribution in [0.4, 0.5) is 24.5 Å². The Labute approximate surface area is 250 Å². The summed E-state index contributed by atoms with van der Waals surface area (Å²) in [6.07, 6.45) is 0.544. The molecular formula is C31H37F3N4O4S. The van der Waals surface area contributed by atoms with Gasteiger partial charge >= 0.3 is 6.18 Å². The van der Waals surface area contributed by atoms with Crippen molar-refractivity contribution in [3.8, 4) is 17.6 Å². The topological polar surface area (TPSA) is 94.9 Å². The quantitative estimate of drug-likeness (QED) is 0.329. The number of carbonyl (C=O) groups is 1. The number of sulfone groups is 1. The Morgan fingerprint density at radius 3 is 2.40 bits per heavy atom. The van der Waals surface area contributed by atoms with E-state index in [-0.39, 0.29) is 35.3 Å². The Morgan fingerprint density at radius 2 is 1.81 bits per heavy atom. The maximum Gasteiger partial charge on any atom is 0.406 e. The molecule has 1 fully saturated rings. The van der Waals surface area contributed by atoms with E-state index in [1.807, 2.05) is 6.07 Å². The molecule has 1 aliphatic rings. The molecule has 1 heterocycles. The molecule has 4 rings (SSSR count). The van der Waals surface area contributed by atoms with E-state index in [1.54, 1.807) is 25.1 Å². The summed E-state index contributed by atoms with van der Waals surface area (Å²) in [6.45, 7) is 0.156. The first kappa shape index (κ1) is 32.2. The molecule has 0 bridgehead atoms. The van der Waals surface area contributed by atoms with Crippen LogP contribution in [0.1, 0.15) is 44.7 Å². The lowest BCUT2D eigenvalue weighted by atomic mass is 9.90. The van der Waals surface area contributed by atoms with Gasteiger partial charge in [0.2, 0.25) is 5.91 Å². The second kappa shape index (κ2) is 12.9. The fourth-order valence-corrected chi connectivity index (χ4v) is 6.13. The number of halogens is 3. The highest BCUT2D eigenvalue weighted by molar-refractivity contribution is 7.90. The number of carbonyl (C=O) groups excluding carboxylic acids is 1. The third kappa shape index (κ3) is 7.83. The monoisotopic (exact) mass is 618 g/mol. The summed E-state index contributed by atoms with van der Waals surface area (Å²) in [7, 11) is 0.547. The Kier molecular flexibility index (Phi) is 9.66. The second-order valence-electron chi connectivity index (χ2n) is 11.1. The van der Waals surface area contributed by atoms with Gasteiger partial charge in [-0.05, 0) is 76.0 Å². The van der Waals surface area contributed by atoms with Crippen molar-refractivity contribution in [1.29, 1.82) is 0 Å². The van der Waals surface area contributed by atoms with Crippen LogP contribution in [0.5, 0.6) is 5.75 Å². The Morgan fingerprint density at radius 1 is 1.12 bits per heavy atom. The van der Waals surface area contributed by atoms with E-state index in [1.165, 1.54) is 17.0 Å². The van der Waals surface area contributed by atoms with E-state index < -0.39 is 34.2 Å². The maximum absolute atomic E-state index is 13.7. The van der Waals surface area contributed by atoms with Gasteiger partial charge in [0.05, 0.1) is 28.3 Å². The van der Waals surface area contributed by atoms with Crippen LogP contribution in [0.15, 0.2) is 47.4 Å². The largest absolute Gasteiger partial charge is 0.506 e. The highest BCUT2D eigenvalue weighted by Crippen LogP contribution is 2.33. The fraction of sp³-hybridized carbons (Fsp3) is 0.452. The number of rotatable bonds is 8. The van der Waals surface area contributed by atoms with Crippen molar-refractivity contribution in [2.45, 2.75) is 68.7 Å². The second-order valence-corrected chi connectivity index (χ2v) is 13.2. The first-order valence-corrected chi connectivity index (χ1v) is 16.0. The number of fused-ring (bicyclic) bond motifs is 1. The van der Waals surface area contributed by atoms with Crippen molar-refractivity contribution in [3.63, 3.8) is 0 Å². The minimum Gasteiger partial charge on any atom is -0.506 e. The standard InChI is InChI=1S/C31H37F3N4O4S/c1-5-30(40)37(28-16-15-24(19-29(28)39)43(4,41)42)17-7-8-23-18-25-26(35-21-11-13-22(14-12-21)36(2)3)9-6-10-27(25)38(23)20-31(32,33)34/h6,9-10,15-16,18-19,21-22,35,39H,5,11-14,17,20H2,1-4H3. The minimum absolute atomic E-state index is 0.0554. The number of hydrogen-bond acceptors (Lipinski definition) is 6. The summed E-state index contributed by atoms with van der Waals surface area (Å²) in [5, 5.41) is 14.7. The summed E-state index contributed by atoms with van der Waals surface area (Å²) < 4.78 is 65.9. The van der Waals surface area contributed by atoms with Crippen LogP contribution in [0.3, 0.4) is 0 Å². The molecular weight excluding hydrogens is 581 g/mol. The van der Waals surface area contributed by atoms with Crippen LogP contribution in [0.25, 0.3) is 10.9 Å². The van der Waals surface area contributed by atoms with Crippen molar-refractivity contribution in [1.82, 2.24) is 9.47 Å². The zero-order chi connectivity index (χ0) is 31.5. The number of benzene rings is 2. The maximum atomic E-state index is 13.7. The van der Waals surface area contributed by atoms with Crippen molar-refractivity contribution >= 4 is 38.0 Å². The van der Waals surface area contributed by atoms with Crippen LogP contribution in [-0.4, -0.2) is 74.1 Å². The van der Waals surface area contributed by atoms with E-state index >= 15 is 0 Å². The molecule has 1 amide bonds. The number of aromatic nitrogens is 1. The normalized spacial score (nSPS) is 17.5. The summed E-state index contributed by atoms with van der Waals surface area (Å²) in [4.78, 5) is 16.0. The number of nitrogens with one attached hydrogen (secondary N) is 1. The van der Waals surface area contributed by atoms with Crippen molar-refractivity contribution in [2.24, 2.45) is 0 Å². The van der Waals surface area contributed by atoms with Gasteiger partial charge < -0.3 is 19.9 Å². The van der Waals surface area contributed by atoms with Gasteiger partial charge in [0.15, 0.2) is 9.84 Å². The van der Waals surface area contributed by atoms with Gasteiger partial charge in [-0.3, -0.25) is 9.69 Å². The van der Waals surface area contributed by atoms with E-state index in [0.29, 0.717) is 16.9 Å². The van der Waals surface area contributed by atoms with Gasteiger partial charge in [0, 0.05) is 41.9 Å². The van der Waals surface area contributed by atoms with Crippen LogP contribution < -0.4 is 10.2 Å². The predicted molar refractivity (Wildman–Crippen MR) is 162 cm³/mol. The van der Waals surface area contributed by atoms with Crippen LogP contribution in [0, 0.1) is 11.8 Å². The Bertz CT molecular complexity index is 1650. The van der Waals surface area contributed by atoms with Crippen LogP contribution in [0.2, 0.25) is 0 Å². The molecule has 0 saturated heterocycles. The lowest BCUT2D eigenvalue weighted by Gasteiger charge is -2.33. The van der Waals surface area contributed by atoms with Gasteiger partial charge in [-0.25, -0.2) is 8.42 Å². The molecule has 12 heteroatoms. The number of amides is 1. The van der Waals surface area contributed by atoms with Gasteiger partial charge in [-0.2, -0.15) is 13.2 Å². The molecule has 43 heavy (non-hydrogen) atoms. The van der Waals surface area contributed by atoms with Gasteiger partial charge in [-0.1, -0.05) is 18.9 Å². The SMILES string of the molecule is CCC(=O)N(CC#Cc1cc2c(NC3CCC(N(C)C)CC3)cccc2n1CC(F)(F)F)c1ccc(S(C)(=O)=O)cc1O. The molecule has 8 nitrogen and oxygen atoms in total. The molecule has 0 unspecified atom stereocenters. The Balaban J connectivity index is 1.66. The van der Waals surface area contributed by atoms with Crippen molar-refractivity contribution in [3.05, 3.63) is 48.2 Å². The lowest BCUT2D eigenvalue weighted by molar-refractivity contribution is -0.140. The Hall–Kier alpha value is -3.69. The number of phenolic OH excluding ortho intramolecular Hbond substituents is 1. The van der Waals surface area contributed by atoms with Gasteiger partial charge in [-0.15, -0.1) is 0 Å². The summed E-state index contributed by atoms with van der Waals surface area (Å²) in [6, 6.07) is 11.2. The van der Waals surface area contributed by atoms with Crippen molar-refractivity contribution in [2.75, 3.05) is 37.1 Å². The summed E-state index contributed by atoms with van der Waals surface area (Å²) in [5.41, 5.74) is 1.33. The molecule has 1 aliphatic carbocycles. The molecule has 232 valence electrons. The molecule has 0 spiro atoms. The first-order valence-electron chi connectivity index (χ1n) is 14.1. The van der Waals surface area contributed by atoms with E-state index in [2.05, 4.69) is 36.2 Å². The molecule has 2 N–H and O–H groups in total. The third-order valence-corrected chi connectivity index (χ3v) is 8.90. The number of phenols is 1. The van der Waals surface area contributed by atoms with Crippen LogP contribution >= 0.6 is 0 Å². The third-order valence-electron chi connectivity index (χ3n) is 7.79. The van der Waals surface area contributed by atoms with E-state index in [0.717, 1.165) is 48.3 Å². The number of aromatic hydroxyl groups is 1. The van der Waals surface area contributed by atoms with Crippen molar-refractivity contribution < 1.29 is 31.5 Å². The fourth-order valence-electron chi connectivity index (χ4n) is 5.49. The number of nitrogens with zero attached hydrogens (tertiary/aromatic N) is 3. The van der Waals surface area contributed by atoms with Gasteiger partial charge in [0.25, 0.3) is 0 Å². The highest BCUT2D eigenvalue weighted by Gasteiger charge is 2.30. The average Bonchev–Trinajstić information content (AvgIpc) is 3.27. The summed E-state index contributed by atoms with van der Waals surface area (Å²) >= 11 is 0. The summed E-state index contributed by atoms with van der Waals surface area (Å²) in [5.74, 6) is 4.80. The molecule has 2 aromatic carbocycles. The average molecular weight is 619 g/mol. The lowest BCUT2D eigenvalue weighted by Crippen LogP contribution is -2.36. The van der Waals surface area contributed by atoms with Gasteiger partial charge in [0.1, 0.15) is 12.3 Å². The predicted octanol–water partition coefficient (Wildman–Crippen LogP) is 5.39.